The number of aromatic nitrogens is 1. The molecule has 2 aromatic rings. The van der Waals surface area contributed by atoms with E-state index in [9.17, 15) is 0 Å². The Balaban J connectivity index is 1.85. The number of nitrogens with zero attached hydrogens (tertiary/aromatic N) is 1. The highest BCUT2D eigenvalue weighted by molar-refractivity contribution is 7.80. The molecule has 19 heavy (non-hydrogen) atoms. The number of ether oxygens (including phenoxy) is 1. The molecule has 100 valence electrons. The van der Waals surface area contributed by atoms with Crippen LogP contribution in [-0.4, -0.2) is 40.8 Å². The van der Waals surface area contributed by atoms with Gasteiger partial charge in [-0.1, -0.05) is 18.2 Å². The van der Waals surface area contributed by atoms with Crippen LogP contribution in [0.3, 0.4) is 0 Å². The van der Waals surface area contributed by atoms with Gasteiger partial charge in [-0.15, -0.1) is 0 Å². The summed E-state index contributed by atoms with van der Waals surface area (Å²) >= 11 is 5.12. The monoisotopic (exact) mass is 275 g/mol. The topological polar surface area (TPSA) is 54.3 Å². The maximum atomic E-state index is 5.79. The molecule has 1 aliphatic heterocycles. The second-order valence-corrected chi connectivity index (χ2v) is 5.24. The van der Waals surface area contributed by atoms with Crippen LogP contribution in [0.4, 0.5) is 0 Å². The van der Waals surface area contributed by atoms with Crippen molar-refractivity contribution in [3.63, 3.8) is 0 Å². The van der Waals surface area contributed by atoms with Crippen molar-refractivity contribution in [1.29, 1.82) is 0 Å². The van der Waals surface area contributed by atoms with Crippen LogP contribution in [0.1, 0.15) is 5.56 Å². The van der Waals surface area contributed by atoms with Crippen molar-refractivity contribution in [3.8, 4) is 0 Å². The lowest BCUT2D eigenvalue weighted by molar-refractivity contribution is 0.0274. The van der Waals surface area contributed by atoms with E-state index in [-0.39, 0.29) is 6.04 Å². The van der Waals surface area contributed by atoms with Crippen LogP contribution in [0.2, 0.25) is 0 Å². The fraction of sp³-hybridized carbons (Fsp3) is 0.357. The summed E-state index contributed by atoms with van der Waals surface area (Å²) in [5.41, 5.74) is 8.24. The van der Waals surface area contributed by atoms with Gasteiger partial charge in [0, 0.05) is 23.6 Å². The first-order valence-electron chi connectivity index (χ1n) is 6.44. The Hall–Kier alpha value is -1.59. The van der Waals surface area contributed by atoms with Crippen molar-refractivity contribution >= 4 is 28.2 Å². The zero-order chi connectivity index (χ0) is 13.2. The van der Waals surface area contributed by atoms with Gasteiger partial charge >= 0.3 is 0 Å². The third kappa shape index (κ3) is 2.43. The largest absolute Gasteiger partial charge is 0.377 e. The Morgan fingerprint density at radius 3 is 3.16 bits per heavy atom. The maximum Gasteiger partial charge on any atom is 0.166 e. The van der Waals surface area contributed by atoms with Gasteiger partial charge in [0.05, 0.1) is 19.3 Å². The van der Waals surface area contributed by atoms with E-state index in [1.165, 1.54) is 10.9 Å². The van der Waals surface area contributed by atoms with E-state index < -0.39 is 0 Å². The molecule has 0 spiro atoms. The Morgan fingerprint density at radius 1 is 1.47 bits per heavy atom. The molecule has 3 rings (SSSR count). The van der Waals surface area contributed by atoms with Crippen molar-refractivity contribution in [3.05, 3.63) is 36.0 Å². The highest BCUT2D eigenvalue weighted by Crippen LogP contribution is 2.21. The lowest BCUT2D eigenvalue weighted by atomic mass is 10.0. The number of thiocarbonyl (C=S) groups is 1. The number of H-pyrrole nitrogens is 1. The number of nitrogens with two attached hydrogens (primary N) is 1. The highest BCUT2D eigenvalue weighted by atomic mass is 32.1. The van der Waals surface area contributed by atoms with Crippen molar-refractivity contribution < 1.29 is 4.74 Å². The minimum atomic E-state index is 0.227. The zero-order valence-electron chi connectivity index (χ0n) is 10.6. The summed E-state index contributed by atoms with van der Waals surface area (Å²) in [6, 6.07) is 8.54. The molecule has 1 fully saturated rings. The quantitative estimate of drug-likeness (QED) is 0.818. The Labute approximate surface area is 117 Å². The molecule has 0 amide bonds. The average Bonchev–Trinajstić information content (AvgIpc) is 2.83. The normalized spacial score (nSPS) is 19.8. The Morgan fingerprint density at radius 2 is 2.32 bits per heavy atom. The summed E-state index contributed by atoms with van der Waals surface area (Å²) in [6.45, 7) is 2.15. The van der Waals surface area contributed by atoms with E-state index in [4.69, 9.17) is 22.7 Å². The van der Waals surface area contributed by atoms with Gasteiger partial charge in [-0.2, -0.15) is 0 Å². The molecule has 1 aliphatic rings. The second-order valence-electron chi connectivity index (χ2n) is 4.82. The van der Waals surface area contributed by atoms with Gasteiger partial charge in [0.25, 0.3) is 0 Å². The number of aromatic amines is 1. The van der Waals surface area contributed by atoms with Gasteiger partial charge in [0.2, 0.25) is 0 Å². The minimum absolute atomic E-state index is 0.227. The number of nitrogens with one attached hydrogen (secondary N) is 1. The van der Waals surface area contributed by atoms with Crippen molar-refractivity contribution in [1.82, 2.24) is 9.88 Å². The predicted octanol–water partition coefficient (Wildman–Crippen LogP) is 1.65. The standard InChI is InChI=1S/C14H17N3OS/c15-14(19)17-5-6-18-9-11(17)7-10-8-16-13-4-2-1-3-12(10)13/h1-4,8,11,16H,5-7,9H2,(H2,15,19)/t11-/m0/s1. The van der Waals surface area contributed by atoms with Crippen molar-refractivity contribution in [2.75, 3.05) is 19.8 Å². The lowest BCUT2D eigenvalue weighted by Gasteiger charge is -2.36. The number of para-hydroxylation sites is 1. The SMILES string of the molecule is NC(=S)N1CCOC[C@@H]1Cc1c[nH]c2ccccc12. The second kappa shape index (κ2) is 5.19. The van der Waals surface area contributed by atoms with Gasteiger partial charge in [-0.25, -0.2) is 0 Å². The summed E-state index contributed by atoms with van der Waals surface area (Å²) in [5.74, 6) is 0. The first-order chi connectivity index (χ1) is 9.25. The molecule has 5 heteroatoms. The molecule has 3 N–H and O–H groups in total. The molecule has 0 unspecified atom stereocenters. The molecular weight excluding hydrogens is 258 g/mol. The number of fused-ring (bicyclic) bond motifs is 1. The molecule has 2 heterocycles. The summed E-state index contributed by atoms with van der Waals surface area (Å²) < 4.78 is 5.56. The molecule has 0 aliphatic carbocycles. The van der Waals surface area contributed by atoms with Crippen LogP contribution in [0.25, 0.3) is 10.9 Å². The summed E-state index contributed by atoms with van der Waals surface area (Å²) in [4.78, 5) is 5.37. The van der Waals surface area contributed by atoms with E-state index >= 15 is 0 Å². The third-order valence-corrected chi connectivity index (χ3v) is 3.88. The van der Waals surface area contributed by atoms with Crippen LogP contribution >= 0.6 is 12.2 Å². The number of hydrogen-bond donors (Lipinski definition) is 2. The van der Waals surface area contributed by atoms with E-state index in [1.807, 2.05) is 6.07 Å². The molecule has 1 aromatic carbocycles. The van der Waals surface area contributed by atoms with Gasteiger partial charge in [0.15, 0.2) is 5.11 Å². The highest BCUT2D eigenvalue weighted by Gasteiger charge is 2.24. The van der Waals surface area contributed by atoms with Gasteiger partial charge in [-0.3, -0.25) is 0 Å². The van der Waals surface area contributed by atoms with E-state index in [2.05, 4.69) is 34.3 Å². The molecule has 0 bridgehead atoms. The summed E-state index contributed by atoms with van der Waals surface area (Å²) in [6.07, 6.45) is 2.96. The van der Waals surface area contributed by atoms with Gasteiger partial charge < -0.3 is 20.4 Å². The van der Waals surface area contributed by atoms with Crippen molar-refractivity contribution in [2.24, 2.45) is 5.73 Å². The minimum Gasteiger partial charge on any atom is -0.377 e. The third-order valence-electron chi connectivity index (χ3n) is 3.64. The van der Waals surface area contributed by atoms with Crippen LogP contribution in [0, 0.1) is 0 Å². The van der Waals surface area contributed by atoms with E-state index in [1.54, 1.807) is 0 Å². The first-order valence-corrected chi connectivity index (χ1v) is 6.85. The lowest BCUT2D eigenvalue weighted by Crippen LogP contribution is -2.51. The van der Waals surface area contributed by atoms with Gasteiger partial charge in [-0.05, 0) is 30.3 Å². The number of hydrogen-bond acceptors (Lipinski definition) is 2. The molecule has 1 atom stereocenters. The molecule has 0 radical (unpaired) electrons. The Bertz CT molecular complexity index is 595. The summed E-state index contributed by atoms with van der Waals surface area (Å²) in [7, 11) is 0. The van der Waals surface area contributed by atoms with E-state index in [0.717, 1.165) is 18.5 Å². The summed E-state index contributed by atoms with van der Waals surface area (Å²) in [5, 5.41) is 1.73. The number of rotatable bonds is 2. The van der Waals surface area contributed by atoms with Crippen molar-refractivity contribution in [2.45, 2.75) is 12.5 Å². The number of benzene rings is 1. The first kappa shape index (κ1) is 12.4. The maximum absolute atomic E-state index is 5.79. The fourth-order valence-corrected chi connectivity index (χ4v) is 2.91. The molecule has 1 saturated heterocycles. The van der Waals surface area contributed by atoms with Crippen LogP contribution < -0.4 is 5.73 Å². The molecule has 1 aromatic heterocycles. The van der Waals surface area contributed by atoms with Crippen LogP contribution in [0.5, 0.6) is 0 Å². The Kier molecular flexibility index (Phi) is 3.40. The predicted molar refractivity (Wildman–Crippen MR) is 80.1 cm³/mol. The van der Waals surface area contributed by atoms with Crippen LogP contribution in [0.15, 0.2) is 30.5 Å². The van der Waals surface area contributed by atoms with Gasteiger partial charge in [0.1, 0.15) is 0 Å². The fourth-order valence-electron chi connectivity index (χ4n) is 2.67. The average molecular weight is 275 g/mol. The van der Waals surface area contributed by atoms with E-state index in [0.29, 0.717) is 18.3 Å². The zero-order valence-corrected chi connectivity index (χ0v) is 11.5. The molecular formula is C14H17N3OS. The number of morpholine rings is 1. The smallest absolute Gasteiger partial charge is 0.166 e. The molecule has 0 saturated carbocycles. The van der Waals surface area contributed by atoms with Crippen LogP contribution in [-0.2, 0) is 11.2 Å². The molecule has 4 nitrogen and oxygen atoms in total.